The van der Waals surface area contributed by atoms with E-state index in [0.717, 1.165) is 18.8 Å². The molecule has 0 bridgehead atoms. The van der Waals surface area contributed by atoms with Crippen molar-refractivity contribution in [2.45, 2.75) is 32.6 Å². The lowest BCUT2D eigenvalue weighted by molar-refractivity contribution is -0.385. The Hall–Kier alpha value is -1.62. The predicted octanol–water partition coefficient (Wildman–Crippen LogP) is 3.19. The number of hydrogen-bond acceptors (Lipinski definition) is 4. The molecule has 1 saturated heterocycles. The third-order valence-electron chi connectivity index (χ3n) is 3.85. The van der Waals surface area contributed by atoms with Gasteiger partial charge in [-0.25, -0.2) is 0 Å². The van der Waals surface area contributed by atoms with E-state index in [0.29, 0.717) is 5.56 Å². The fourth-order valence-corrected chi connectivity index (χ4v) is 2.69. The van der Waals surface area contributed by atoms with Crippen molar-refractivity contribution in [1.82, 2.24) is 4.90 Å². The van der Waals surface area contributed by atoms with Crippen LogP contribution in [-0.2, 0) is 0 Å². The lowest BCUT2D eigenvalue weighted by Crippen LogP contribution is -2.29. The van der Waals surface area contributed by atoms with Crippen LogP contribution in [0.3, 0.4) is 0 Å². The first-order valence-electron chi connectivity index (χ1n) is 7.38. The number of benzene rings is 1. The van der Waals surface area contributed by atoms with E-state index < -0.39 is 0 Å². The Balaban J connectivity index is 1.81. The van der Waals surface area contributed by atoms with Crippen LogP contribution >= 0.6 is 0 Å². The zero-order valence-electron chi connectivity index (χ0n) is 12.1. The summed E-state index contributed by atoms with van der Waals surface area (Å²) in [6.07, 6.45) is 5.31. The van der Waals surface area contributed by atoms with Crippen LogP contribution in [0.1, 0.15) is 31.2 Å². The Kier molecular flexibility index (Phi) is 5.35. The summed E-state index contributed by atoms with van der Waals surface area (Å²) in [5.41, 5.74) is 1.85. The molecule has 1 aliphatic rings. The molecule has 5 heteroatoms. The van der Waals surface area contributed by atoms with Crippen molar-refractivity contribution in [3.8, 4) is 0 Å². The van der Waals surface area contributed by atoms with E-state index in [4.69, 9.17) is 0 Å². The van der Waals surface area contributed by atoms with Gasteiger partial charge in [0.25, 0.3) is 5.69 Å². The molecule has 1 N–H and O–H groups in total. The molecule has 1 aromatic carbocycles. The van der Waals surface area contributed by atoms with Crippen LogP contribution in [-0.4, -0.2) is 36.0 Å². The van der Waals surface area contributed by atoms with Gasteiger partial charge in [0.05, 0.1) is 4.92 Å². The molecule has 0 aromatic heterocycles. The SMILES string of the molecule is Cc1cc(NCCN2CCCCCC2)ccc1[N+](=O)[O-]. The van der Waals surface area contributed by atoms with Gasteiger partial charge < -0.3 is 10.2 Å². The fraction of sp³-hybridized carbons (Fsp3) is 0.600. The second kappa shape index (κ2) is 7.24. The minimum absolute atomic E-state index is 0.183. The molecule has 1 aliphatic heterocycles. The van der Waals surface area contributed by atoms with Gasteiger partial charge in [-0.1, -0.05) is 12.8 Å². The number of nitro groups is 1. The van der Waals surface area contributed by atoms with E-state index in [2.05, 4.69) is 10.2 Å². The number of likely N-dealkylation sites (tertiary alicyclic amines) is 1. The molecule has 0 amide bonds. The second-order valence-corrected chi connectivity index (χ2v) is 5.44. The molecule has 5 nitrogen and oxygen atoms in total. The number of nitrogens with zero attached hydrogens (tertiary/aromatic N) is 2. The van der Waals surface area contributed by atoms with Crippen LogP contribution in [0.25, 0.3) is 0 Å². The van der Waals surface area contributed by atoms with Gasteiger partial charge >= 0.3 is 0 Å². The zero-order valence-corrected chi connectivity index (χ0v) is 12.1. The highest BCUT2D eigenvalue weighted by molar-refractivity contribution is 5.53. The van der Waals surface area contributed by atoms with E-state index in [1.54, 1.807) is 19.1 Å². The Morgan fingerprint density at radius 1 is 1.25 bits per heavy atom. The molecule has 0 saturated carbocycles. The second-order valence-electron chi connectivity index (χ2n) is 5.44. The van der Waals surface area contributed by atoms with E-state index in [-0.39, 0.29) is 10.6 Å². The fourth-order valence-electron chi connectivity index (χ4n) is 2.69. The number of rotatable bonds is 5. The van der Waals surface area contributed by atoms with E-state index >= 15 is 0 Å². The minimum Gasteiger partial charge on any atom is -0.384 e. The average molecular weight is 277 g/mol. The van der Waals surface area contributed by atoms with Crippen molar-refractivity contribution >= 4 is 11.4 Å². The van der Waals surface area contributed by atoms with Crippen LogP contribution in [0.4, 0.5) is 11.4 Å². The van der Waals surface area contributed by atoms with E-state index in [1.807, 2.05) is 6.07 Å². The summed E-state index contributed by atoms with van der Waals surface area (Å²) in [7, 11) is 0. The van der Waals surface area contributed by atoms with Gasteiger partial charge in [0.1, 0.15) is 0 Å². The van der Waals surface area contributed by atoms with Crippen molar-refractivity contribution < 1.29 is 4.92 Å². The van der Waals surface area contributed by atoms with Gasteiger partial charge in [-0.15, -0.1) is 0 Å². The first kappa shape index (κ1) is 14.8. The minimum atomic E-state index is -0.337. The number of aryl methyl sites for hydroxylation is 1. The van der Waals surface area contributed by atoms with Gasteiger partial charge in [-0.2, -0.15) is 0 Å². The molecule has 1 fully saturated rings. The summed E-state index contributed by atoms with van der Waals surface area (Å²) in [5, 5.41) is 14.1. The van der Waals surface area contributed by atoms with Gasteiger partial charge in [-0.3, -0.25) is 10.1 Å². The first-order chi connectivity index (χ1) is 9.66. The lowest BCUT2D eigenvalue weighted by atomic mass is 10.2. The van der Waals surface area contributed by atoms with Gasteiger partial charge in [-0.05, 0) is 45.0 Å². The highest BCUT2D eigenvalue weighted by atomic mass is 16.6. The Labute approximate surface area is 120 Å². The predicted molar refractivity (Wildman–Crippen MR) is 81.2 cm³/mol. The van der Waals surface area contributed by atoms with Crippen molar-refractivity contribution in [2.24, 2.45) is 0 Å². The summed E-state index contributed by atoms with van der Waals surface area (Å²) >= 11 is 0. The maximum Gasteiger partial charge on any atom is 0.272 e. The third-order valence-corrected chi connectivity index (χ3v) is 3.85. The quantitative estimate of drug-likeness (QED) is 0.663. The number of hydrogen-bond donors (Lipinski definition) is 1. The molecule has 110 valence electrons. The zero-order chi connectivity index (χ0) is 14.4. The Bertz CT molecular complexity index is 454. The molecule has 20 heavy (non-hydrogen) atoms. The number of anilines is 1. The molecular formula is C15H23N3O2. The summed E-state index contributed by atoms with van der Waals surface area (Å²) in [6, 6.07) is 5.21. The largest absolute Gasteiger partial charge is 0.384 e. The van der Waals surface area contributed by atoms with Crippen LogP contribution in [0, 0.1) is 17.0 Å². The van der Waals surface area contributed by atoms with Crippen LogP contribution in [0.2, 0.25) is 0 Å². The molecule has 0 aliphatic carbocycles. The Morgan fingerprint density at radius 3 is 2.55 bits per heavy atom. The monoisotopic (exact) mass is 277 g/mol. The maximum absolute atomic E-state index is 10.8. The van der Waals surface area contributed by atoms with Gasteiger partial charge in [0.2, 0.25) is 0 Å². The van der Waals surface area contributed by atoms with Crippen molar-refractivity contribution in [1.29, 1.82) is 0 Å². The Morgan fingerprint density at radius 2 is 1.95 bits per heavy atom. The van der Waals surface area contributed by atoms with E-state index in [9.17, 15) is 10.1 Å². The lowest BCUT2D eigenvalue weighted by Gasteiger charge is -2.20. The smallest absolute Gasteiger partial charge is 0.272 e. The van der Waals surface area contributed by atoms with Crippen molar-refractivity contribution in [2.75, 3.05) is 31.5 Å². The number of nitro benzene ring substituents is 1. The van der Waals surface area contributed by atoms with Crippen molar-refractivity contribution in [3.63, 3.8) is 0 Å². The van der Waals surface area contributed by atoms with Crippen LogP contribution in [0.15, 0.2) is 18.2 Å². The van der Waals surface area contributed by atoms with Crippen molar-refractivity contribution in [3.05, 3.63) is 33.9 Å². The summed E-state index contributed by atoms with van der Waals surface area (Å²) in [6.45, 7) is 6.09. The molecule has 0 atom stereocenters. The highest BCUT2D eigenvalue weighted by Crippen LogP contribution is 2.21. The molecule has 0 radical (unpaired) electrons. The molecular weight excluding hydrogens is 254 g/mol. The average Bonchev–Trinajstić information content (AvgIpc) is 2.67. The molecule has 1 aromatic rings. The van der Waals surface area contributed by atoms with Crippen LogP contribution < -0.4 is 5.32 Å². The maximum atomic E-state index is 10.8. The molecule has 1 heterocycles. The third kappa shape index (κ3) is 4.20. The molecule has 0 spiro atoms. The number of nitrogens with one attached hydrogen (secondary N) is 1. The highest BCUT2D eigenvalue weighted by Gasteiger charge is 2.11. The van der Waals surface area contributed by atoms with E-state index in [1.165, 1.54) is 38.8 Å². The summed E-state index contributed by atoms with van der Waals surface area (Å²) < 4.78 is 0. The topological polar surface area (TPSA) is 58.4 Å². The van der Waals surface area contributed by atoms with Gasteiger partial charge in [0, 0.05) is 30.4 Å². The summed E-state index contributed by atoms with van der Waals surface area (Å²) in [5.74, 6) is 0. The van der Waals surface area contributed by atoms with Gasteiger partial charge in [0.15, 0.2) is 0 Å². The molecule has 0 unspecified atom stereocenters. The first-order valence-corrected chi connectivity index (χ1v) is 7.38. The normalized spacial score (nSPS) is 16.6. The summed E-state index contributed by atoms with van der Waals surface area (Å²) in [4.78, 5) is 12.9. The standard InChI is InChI=1S/C15H23N3O2/c1-13-12-14(6-7-15(13)18(19)20)16-8-11-17-9-4-2-3-5-10-17/h6-7,12,16H,2-5,8-11H2,1H3. The molecule has 2 rings (SSSR count). The van der Waals surface area contributed by atoms with Crippen LogP contribution in [0.5, 0.6) is 0 Å².